The Balaban J connectivity index is 2.29. The molecule has 0 atom stereocenters. The lowest BCUT2D eigenvalue weighted by Gasteiger charge is -1.97. The Kier molecular flexibility index (Phi) is 1.79. The molecule has 1 N–H and O–H groups in total. The van der Waals surface area contributed by atoms with Crippen LogP contribution in [0.4, 0.5) is 0 Å². The van der Waals surface area contributed by atoms with E-state index in [0.717, 1.165) is 28.7 Å². The van der Waals surface area contributed by atoms with Gasteiger partial charge in [0.1, 0.15) is 15.6 Å². The topological polar surface area (TPSA) is 54.5 Å². The number of H-pyrrole nitrogens is 1. The fourth-order valence-electron chi connectivity index (χ4n) is 1.39. The molecule has 0 spiro atoms. The van der Waals surface area contributed by atoms with Crippen LogP contribution in [0.25, 0.3) is 11.0 Å². The number of aromatic amines is 1. The molecule has 2 aromatic heterocycles. The maximum Gasteiger partial charge on any atom is 0.186 e. The van der Waals surface area contributed by atoms with Gasteiger partial charge in [-0.2, -0.15) is 5.10 Å². The summed E-state index contributed by atoms with van der Waals surface area (Å²) in [4.78, 5) is 8.61. The van der Waals surface area contributed by atoms with Crippen molar-refractivity contribution in [2.24, 2.45) is 0 Å². The fourth-order valence-corrected chi connectivity index (χ4v) is 2.22. The lowest BCUT2D eigenvalue weighted by Crippen LogP contribution is -1.93. The summed E-state index contributed by atoms with van der Waals surface area (Å²) in [6.45, 7) is 0. The van der Waals surface area contributed by atoms with E-state index in [4.69, 9.17) is 11.6 Å². The monoisotopic (exact) mass is 272 g/mol. The van der Waals surface area contributed by atoms with Crippen LogP contribution < -0.4 is 0 Å². The van der Waals surface area contributed by atoms with Crippen LogP contribution in [0, 0.1) is 0 Å². The molecule has 1 aliphatic rings. The van der Waals surface area contributed by atoms with Crippen LogP contribution in [0.5, 0.6) is 0 Å². The molecule has 1 aliphatic carbocycles. The molecule has 0 aromatic carbocycles. The first-order chi connectivity index (χ1) is 6.75. The molecule has 1 saturated carbocycles. The molecule has 0 amide bonds. The highest BCUT2D eigenvalue weighted by Gasteiger charge is 2.28. The maximum atomic E-state index is 6.04. The SMILES string of the molecule is Clc1nc(C2CC2)nc2n[nH]c(Br)c12. The van der Waals surface area contributed by atoms with Crippen LogP contribution in [0.1, 0.15) is 24.6 Å². The highest BCUT2D eigenvalue weighted by atomic mass is 79.9. The minimum atomic E-state index is 0.470. The van der Waals surface area contributed by atoms with E-state index in [-0.39, 0.29) is 0 Å². The minimum Gasteiger partial charge on any atom is -0.268 e. The second kappa shape index (κ2) is 2.90. The van der Waals surface area contributed by atoms with Gasteiger partial charge < -0.3 is 0 Å². The molecule has 0 bridgehead atoms. The van der Waals surface area contributed by atoms with Crippen molar-refractivity contribution in [2.75, 3.05) is 0 Å². The van der Waals surface area contributed by atoms with E-state index in [1.807, 2.05) is 0 Å². The zero-order valence-corrected chi connectivity index (χ0v) is 9.43. The molecule has 72 valence electrons. The number of hydrogen-bond donors (Lipinski definition) is 1. The van der Waals surface area contributed by atoms with E-state index in [9.17, 15) is 0 Å². The third-order valence-electron chi connectivity index (χ3n) is 2.29. The van der Waals surface area contributed by atoms with Gasteiger partial charge in [0, 0.05) is 5.92 Å². The average molecular weight is 274 g/mol. The Morgan fingerprint density at radius 2 is 2.14 bits per heavy atom. The van der Waals surface area contributed by atoms with Crippen molar-refractivity contribution in [3.05, 3.63) is 15.6 Å². The van der Waals surface area contributed by atoms with Gasteiger partial charge in [0.15, 0.2) is 5.65 Å². The van der Waals surface area contributed by atoms with E-state index < -0.39 is 0 Å². The largest absolute Gasteiger partial charge is 0.268 e. The number of nitrogens with one attached hydrogen (secondary N) is 1. The van der Waals surface area contributed by atoms with Crippen LogP contribution in [-0.2, 0) is 0 Å². The van der Waals surface area contributed by atoms with Gasteiger partial charge in [-0.1, -0.05) is 11.6 Å². The molecule has 0 aliphatic heterocycles. The Bertz CT molecular complexity index is 505. The van der Waals surface area contributed by atoms with Crippen LogP contribution in [0.2, 0.25) is 5.15 Å². The molecular weight excluding hydrogens is 267 g/mol. The van der Waals surface area contributed by atoms with Crippen LogP contribution in [0.3, 0.4) is 0 Å². The fraction of sp³-hybridized carbons (Fsp3) is 0.375. The van der Waals surface area contributed by atoms with Gasteiger partial charge in [-0.15, -0.1) is 0 Å². The smallest absolute Gasteiger partial charge is 0.186 e. The van der Waals surface area contributed by atoms with Crippen molar-refractivity contribution in [1.82, 2.24) is 20.2 Å². The van der Waals surface area contributed by atoms with Gasteiger partial charge >= 0.3 is 0 Å². The second-order valence-corrected chi connectivity index (χ2v) is 4.53. The Hall–Kier alpha value is -0.680. The van der Waals surface area contributed by atoms with Crippen molar-refractivity contribution in [2.45, 2.75) is 18.8 Å². The van der Waals surface area contributed by atoms with Gasteiger partial charge in [-0.25, -0.2) is 9.97 Å². The van der Waals surface area contributed by atoms with Crippen LogP contribution in [0.15, 0.2) is 4.60 Å². The van der Waals surface area contributed by atoms with Gasteiger partial charge in [0.2, 0.25) is 0 Å². The number of aromatic nitrogens is 4. The van der Waals surface area contributed by atoms with Gasteiger partial charge in [0.05, 0.1) is 5.39 Å². The van der Waals surface area contributed by atoms with Crippen molar-refractivity contribution in [3.63, 3.8) is 0 Å². The van der Waals surface area contributed by atoms with Crippen molar-refractivity contribution in [3.8, 4) is 0 Å². The van der Waals surface area contributed by atoms with Crippen molar-refractivity contribution >= 4 is 38.6 Å². The van der Waals surface area contributed by atoms with E-state index in [1.54, 1.807) is 0 Å². The Labute approximate surface area is 93.2 Å². The quantitative estimate of drug-likeness (QED) is 0.813. The summed E-state index contributed by atoms with van der Waals surface area (Å²) in [5.74, 6) is 1.31. The summed E-state index contributed by atoms with van der Waals surface area (Å²) in [7, 11) is 0. The number of rotatable bonds is 1. The van der Waals surface area contributed by atoms with E-state index >= 15 is 0 Å². The number of halogens is 2. The van der Waals surface area contributed by atoms with Gasteiger partial charge in [0.25, 0.3) is 0 Å². The van der Waals surface area contributed by atoms with E-state index in [1.165, 1.54) is 0 Å². The lowest BCUT2D eigenvalue weighted by atomic mass is 10.3. The Morgan fingerprint density at radius 1 is 1.36 bits per heavy atom. The third kappa shape index (κ3) is 1.23. The molecule has 3 rings (SSSR count). The zero-order chi connectivity index (χ0) is 9.71. The number of hydrogen-bond acceptors (Lipinski definition) is 3. The standard InChI is InChI=1S/C8H6BrClN4/c9-5-4-6(10)11-7(3-1-2-3)12-8(4)14-13-5/h3H,1-2H2,(H,11,12,13,14). The molecule has 6 heteroatoms. The molecule has 0 radical (unpaired) electrons. The predicted octanol–water partition coefficient (Wildman–Crippen LogP) is 2.65. The minimum absolute atomic E-state index is 0.470. The zero-order valence-electron chi connectivity index (χ0n) is 7.09. The van der Waals surface area contributed by atoms with E-state index in [2.05, 4.69) is 36.1 Å². The van der Waals surface area contributed by atoms with E-state index in [0.29, 0.717) is 16.7 Å². The maximum absolute atomic E-state index is 6.04. The van der Waals surface area contributed by atoms with Crippen LogP contribution in [-0.4, -0.2) is 20.2 Å². The van der Waals surface area contributed by atoms with Gasteiger partial charge in [-0.05, 0) is 28.8 Å². The van der Waals surface area contributed by atoms with Crippen LogP contribution >= 0.6 is 27.5 Å². The highest BCUT2D eigenvalue weighted by Crippen LogP contribution is 2.39. The normalized spacial score (nSPS) is 16.4. The lowest BCUT2D eigenvalue weighted by molar-refractivity contribution is 0.938. The number of nitrogens with zero attached hydrogens (tertiary/aromatic N) is 3. The number of fused-ring (bicyclic) bond motifs is 1. The summed E-state index contributed by atoms with van der Waals surface area (Å²) >= 11 is 9.35. The molecule has 0 unspecified atom stereocenters. The molecule has 14 heavy (non-hydrogen) atoms. The molecule has 1 fully saturated rings. The van der Waals surface area contributed by atoms with Gasteiger partial charge in [-0.3, -0.25) is 5.10 Å². The summed E-state index contributed by atoms with van der Waals surface area (Å²) in [6.07, 6.45) is 2.32. The molecule has 0 saturated heterocycles. The first-order valence-electron chi connectivity index (χ1n) is 4.32. The summed E-state index contributed by atoms with van der Waals surface area (Å²) < 4.78 is 0.736. The summed E-state index contributed by atoms with van der Waals surface area (Å²) in [5.41, 5.74) is 0.638. The first-order valence-corrected chi connectivity index (χ1v) is 5.50. The average Bonchev–Trinajstić information content (AvgIpc) is 2.92. The molecule has 4 nitrogen and oxygen atoms in total. The second-order valence-electron chi connectivity index (χ2n) is 3.38. The predicted molar refractivity (Wildman–Crippen MR) is 56.4 cm³/mol. The van der Waals surface area contributed by atoms with Crippen molar-refractivity contribution in [1.29, 1.82) is 0 Å². The summed E-state index contributed by atoms with van der Waals surface area (Å²) in [6, 6.07) is 0. The molecule has 2 aromatic rings. The Morgan fingerprint density at radius 3 is 2.86 bits per heavy atom. The molecule has 2 heterocycles. The third-order valence-corrected chi connectivity index (χ3v) is 3.13. The first kappa shape index (κ1) is 8.61. The highest BCUT2D eigenvalue weighted by molar-refractivity contribution is 9.10. The van der Waals surface area contributed by atoms with Crippen molar-refractivity contribution < 1.29 is 0 Å². The summed E-state index contributed by atoms with van der Waals surface area (Å²) in [5, 5.41) is 8.06. The molecular formula is C8H6BrClN4.